The lowest BCUT2D eigenvalue weighted by molar-refractivity contribution is -0.00367. The fraction of sp³-hybridized carbons (Fsp3) is 0.889. The summed E-state index contributed by atoms with van der Waals surface area (Å²) >= 11 is 0. The summed E-state index contributed by atoms with van der Waals surface area (Å²) in [6.45, 7) is 2.17. The van der Waals surface area contributed by atoms with Gasteiger partial charge in [-0.25, -0.2) is 0 Å². The number of nitrogens with two attached hydrogens (primary N) is 1. The molecule has 84 valence electrons. The van der Waals surface area contributed by atoms with Crippen molar-refractivity contribution in [1.82, 2.24) is 20.2 Å². The molecule has 0 aliphatic carbocycles. The number of hydrogen-bond donors (Lipinski definition) is 1. The second-order valence-corrected chi connectivity index (χ2v) is 4.23. The highest BCUT2D eigenvalue weighted by atomic mass is 16.5. The molecule has 6 nitrogen and oxygen atoms in total. The molecular weight excluding hydrogens is 194 g/mol. The average Bonchev–Trinajstić information content (AvgIpc) is 2.65. The molecule has 1 unspecified atom stereocenters. The highest BCUT2D eigenvalue weighted by Crippen LogP contribution is 2.30. The Morgan fingerprint density at radius 3 is 3.00 bits per heavy atom. The first kappa shape index (κ1) is 10.5. The minimum atomic E-state index is 0.0152. The summed E-state index contributed by atoms with van der Waals surface area (Å²) in [4.78, 5) is 1.48. The van der Waals surface area contributed by atoms with E-state index in [9.17, 15) is 0 Å². The van der Waals surface area contributed by atoms with Gasteiger partial charge in [0.2, 0.25) is 0 Å². The molecule has 0 radical (unpaired) electrons. The standard InChI is InChI=1S/C9H17N5O/c1-14-12-8(11-13-14)5-9(6-10)3-2-4-15-7-9/h2-7,10H2,1H3. The van der Waals surface area contributed by atoms with Gasteiger partial charge in [-0.15, -0.1) is 10.2 Å². The molecule has 0 spiro atoms. The number of nitrogens with zero attached hydrogens (tertiary/aromatic N) is 4. The molecule has 1 aliphatic rings. The predicted octanol–water partition coefficient (Wildman–Crippen LogP) is -0.492. The summed E-state index contributed by atoms with van der Waals surface area (Å²) in [6, 6.07) is 0. The van der Waals surface area contributed by atoms with E-state index < -0.39 is 0 Å². The van der Waals surface area contributed by atoms with Crippen LogP contribution in [0.1, 0.15) is 18.7 Å². The quantitative estimate of drug-likeness (QED) is 0.729. The van der Waals surface area contributed by atoms with Gasteiger partial charge in [-0.3, -0.25) is 0 Å². The number of ether oxygens (including phenoxy) is 1. The third kappa shape index (κ3) is 2.32. The lowest BCUT2D eigenvalue weighted by Crippen LogP contribution is -2.40. The van der Waals surface area contributed by atoms with E-state index >= 15 is 0 Å². The molecule has 1 aromatic heterocycles. The van der Waals surface area contributed by atoms with Crippen molar-refractivity contribution in [3.8, 4) is 0 Å². The third-order valence-electron chi connectivity index (χ3n) is 2.92. The highest BCUT2D eigenvalue weighted by molar-refractivity contribution is 4.92. The minimum Gasteiger partial charge on any atom is -0.381 e. The van der Waals surface area contributed by atoms with E-state index in [2.05, 4.69) is 15.4 Å². The van der Waals surface area contributed by atoms with Crippen LogP contribution in [0.15, 0.2) is 0 Å². The second kappa shape index (κ2) is 4.24. The summed E-state index contributed by atoms with van der Waals surface area (Å²) in [5.74, 6) is 0.758. The molecule has 1 atom stereocenters. The van der Waals surface area contributed by atoms with Crippen molar-refractivity contribution >= 4 is 0 Å². The summed E-state index contributed by atoms with van der Waals surface area (Å²) in [5.41, 5.74) is 5.85. The third-order valence-corrected chi connectivity index (χ3v) is 2.92. The van der Waals surface area contributed by atoms with Crippen LogP contribution >= 0.6 is 0 Å². The highest BCUT2D eigenvalue weighted by Gasteiger charge is 2.33. The Morgan fingerprint density at radius 1 is 1.60 bits per heavy atom. The van der Waals surface area contributed by atoms with Crippen molar-refractivity contribution in [1.29, 1.82) is 0 Å². The largest absolute Gasteiger partial charge is 0.381 e. The maximum Gasteiger partial charge on any atom is 0.175 e. The molecule has 0 amide bonds. The molecule has 15 heavy (non-hydrogen) atoms. The van der Waals surface area contributed by atoms with Crippen molar-refractivity contribution in [2.24, 2.45) is 18.2 Å². The van der Waals surface area contributed by atoms with Crippen LogP contribution in [-0.4, -0.2) is 40.0 Å². The maximum atomic E-state index is 5.83. The van der Waals surface area contributed by atoms with Gasteiger partial charge < -0.3 is 10.5 Å². The van der Waals surface area contributed by atoms with Crippen LogP contribution in [0.2, 0.25) is 0 Å². The SMILES string of the molecule is Cn1nnc(CC2(CN)CCCOC2)n1. The van der Waals surface area contributed by atoms with Crippen molar-refractivity contribution in [2.75, 3.05) is 19.8 Å². The van der Waals surface area contributed by atoms with Gasteiger partial charge in [-0.2, -0.15) is 4.80 Å². The zero-order valence-corrected chi connectivity index (χ0v) is 9.02. The Balaban J connectivity index is 2.06. The number of rotatable bonds is 3. The Hall–Kier alpha value is -1.01. The fourth-order valence-electron chi connectivity index (χ4n) is 2.01. The minimum absolute atomic E-state index is 0.0152. The van der Waals surface area contributed by atoms with Gasteiger partial charge in [0, 0.05) is 25.0 Å². The van der Waals surface area contributed by atoms with E-state index in [0.717, 1.165) is 31.7 Å². The molecule has 1 saturated heterocycles. The molecule has 1 aliphatic heterocycles. The van der Waals surface area contributed by atoms with E-state index in [1.165, 1.54) is 4.80 Å². The Labute approximate surface area is 88.8 Å². The molecule has 1 fully saturated rings. The number of tetrazole rings is 1. The summed E-state index contributed by atoms with van der Waals surface area (Å²) < 4.78 is 5.49. The van der Waals surface area contributed by atoms with Crippen molar-refractivity contribution in [2.45, 2.75) is 19.3 Å². The van der Waals surface area contributed by atoms with Gasteiger partial charge >= 0.3 is 0 Å². The number of aryl methyl sites for hydroxylation is 1. The first-order valence-corrected chi connectivity index (χ1v) is 5.25. The van der Waals surface area contributed by atoms with E-state index in [0.29, 0.717) is 13.2 Å². The van der Waals surface area contributed by atoms with Crippen molar-refractivity contribution in [3.63, 3.8) is 0 Å². The smallest absolute Gasteiger partial charge is 0.175 e. The van der Waals surface area contributed by atoms with E-state index in [-0.39, 0.29) is 5.41 Å². The zero-order valence-electron chi connectivity index (χ0n) is 9.02. The monoisotopic (exact) mass is 211 g/mol. The lowest BCUT2D eigenvalue weighted by atomic mass is 9.79. The van der Waals surface area contributed by atoms with Crippen molar-refractivity contribution < 1.29 is 4.74 Å². The van der Waals surface area contributed by atoms with Crippen LogP contribution in [0.4, 0.5) is 0 Å². The number of hydrogen-bond acceptors (Lipinski definition) is 5. The van der Waals surface area contributed by atoms with Crippen LogP contribution in [0.5, 0.6) is 0 Å². The van der Waals surface area contributed by atoms with Crippen LogP contribution in [0, 0.1) is 5.41 Å². The molecule has 2 heterocycles. The lowest BCUT2D eigenvalue weighted by Gasteiger charge is -2.34. The Kier molecular flexibility index (Phi) is 2.97. The van der Waals surface area contributed by atoms with Crippen molar-refractivity contribution in [3.05, 3.63) is 5.82 Å². The fourth-order valence-corrected chi connectivity index (χ4v) is 2.01. The molecule has 1 aromatic rings. The van der Waals surface area contributed by atoms with Gasteiger partial charge in [-0.05, 0) is 18.1 Å². The second-order valence-electron chi connectivity index (χ2n) is 4.23. The summed E-state index contributed by atoms with van der Waals surface area (Å²) in [6.07, 6.45) is 2.91. The maximum absolute atomic E-state index is 5.83. The normalized spacial score (nSPS) is 26.8. The molecular formula is C9H17N5O. The Bertz CT molecular complexity index is 318. The first-order valence-electron chi connectivity index (χ1n) is 5.25. The summed E-state index contributed by atoms with van der Waals surface area (Å²) in [7, 11) is 1.77. The van der Waals surface area contributed by atoms with Crippen LogP contribution < -0.4 is 5.73 Å². The first-order chi connectivity index (χ1) is 7.24. The van der Waals surface area contributed by atoms with E-state index in [1.54, 1.807) is 7.05 Å². The topological polar surface area (TPSA) is 78.9 Å². The molecule has 6 heteroatoms. The van der Waals surface area contributed by atoms with E-state index in [1.807, 2.05) is 0 Å². The van der Waals surface area contributed by atoms with Gasteiger partial charge in [0.1, 0.15) is 0 Å². The average molecular weight is 211 g/mol. The van der Waals surface area contributed by atoms with E-state index in [4.69, 9.17) is 10.5 Å². The zero-order chi connectivity index (χ0) is 10.7. The van der Waals surface area contributed by atoms with Gasteiger partial charge in [0.05, 0.1) is 13.7 Å². The number of aromatic nitrogens is 4. The molecule has 0 bridgehead atoms. The molecule has 2 rings (SSSR count). The molecule has 2 N–H and O–H groups in total. The van der Waals surface area contributed by atoms with Crippen LogP contribution in [-0.2, 0) is 18.2 Å². The predicted molar refractivity (Wildman–Crippen MR) is 54.0 cm³/mol. The Morgan fingerprint density at radius 2 is 2.47 bits per heavy atom. The molecule has 0 aromatic carbocycles. The van der Waals surface area contributed by atoms with Gasteiger partial charge in [0.25, 0.3) is 0 Å². The van der Waals surface area contributed by atoms with Crippen LogP contribution in [0.3, 0.4) is 0 Å². The molecule has 0 saturated carbocycles. The summed E-state index contributed by atoms with van der Waals surface area (Å²) in [5, 5.41) is 12.0. The van der Waals surface area contributed by atoms with Gasteiger partial charge in [-0.1, -0.05) is 0 Å². The van der Waals surface area contributed by atoms with Gasteiger partial charge in [0.15, 0.2) is 5.82 Å². The van der Waals surface area contributed by atoms with Crippen LogP contribution in [0.25, 0.3) is 0 Å².